The predicted molar refractivity (Wildman–Crippen MR) is 78.8 cm³/mol. The van der Waals surface area contributed by atoms with Gasteiger partial charge in [0, 0.05) is 19.2 Å². The van der Waals surface area contributed by atoms with Crippen molar-refractivity contribution in [2.24, 2.45) is 0 Å². The number of aromatic nitrogens is 2. The number of nitrogens with zero attached hydrogens (tertiary/aromatic N) is 3. The van der Waals surface area contributed by atoms with Gasteiger partial charge in [0.15, 0.2) is 0 Å². The van der Waals surface area contributed by atoms with Gasteiger partial charge < -0.3 is 15.4 Å². The van der Waals surface area contributed by atoms with Crippen molar-refractivity contribution in [2.75, 3.05) is 30.3 Å². The third-order valence-corrected chi connectivity index (χ3v) is 3.52. The molecule has 2 aromatic rings. The lowest BCUT2D eigenvalue weighted by Crippen LogP contribution is -2.39. The predicted octanol–water partition coefficient (Wildman–Crippen LogP) is 2.43. The summed E-state index contributed by atoms with van der Waals surface area (Å²) in [6.07, 6.45) is -0.144. The van der Waals surface area contributed by atoms with Crippen LogP contribution in [-0.2, 0) is 4.74 Å². The van der Waals surface area contributed by atoms with Crippen LogP contribution in [0.25, 0.3) is 0 Å². The number of rotatable bonds is 2. The maximum atomic E-state index is 13.0. The molecule has 110 valence electrons. The Morgan fingerprint density at radius 2 is 2.05 bits per heavy atom. The minimum Gasteiger partial charge on any atom is -0.370 e. The van der Waals surface area contributed by atoms with Crippen LogP contribution in [0.5, 0.6) is 0 Å². The highest BCUT2D eigenvalue weighted by molar-refractivity contribution is 6.29. The minimum atomic E-state index is -0.262. The Kier molecular flexibility index (Phi) is 3.90. The van der Waals surface area contributed by atoms with E-state index in [1.54, 1.807) is 18.2 Å². The Hall–Kier alpha value is -1.92. The van der Waals surface area contributed by atoms with Crippen LogP contribution in [-0.4, -0.2) is 29.7 Å². The van der Waals surface area contributed by atoms with E-state index in [1.807, 2.05) is 4.90 Å². The van der Waals surface area contributed by atoms with Gasteiger partial charge in [0.05, 0.1) is 6.61 Å². The molecule has 1 atom stereocenters. The summed E-state index contributed by atoms with van der Waals surface area (Å²) in [5, 5.41) is 0.308. The van der Waals surface area contributed by atoms with Crippen molar-refractivity contribution in [1.82, 2.24) is 9.97 Å². The molecule has 2 heterocycles. The minimum absolute atomic E-state index is 0.141. The number of anilines is 2. The normalized spacial score (nSPS) is 18.8. The van der Waals surface area contributed by atoms with Crippen LogP contribution >= 0.6 is 11.6 Å². The fourth-order valence-corrected chi connectivity index (χ4v) is 2.51. The van der Waals surface area contributed by atoms with Crippen LogP contribution in [0.15, 0.2) is 30.3 Å². The van der Waals surface area contributed by atoms with Gasteiger partial charge in [0.25, 0.3) is 0 Å². The van der Waals surface area contributed by atoms with Gasteiger partial charge in [0.1, 0.15) is 22.9 Å². The zero-order valence-electron chi connectivity index (χ0n) is 11.2. The standard InChI is InChI=1S/C14H14ClFN4O/c15-12-7-13(19-14(17)18-12)20-5-6-21-11(8-20)9-1-3-10(16)4-2-9/h1-4,7,11H,5-6,8H2,(H2,17,18,19)/t11-/m1/s1. The molecule has 3 rings (SSSR count). The topological polar surface area (TPSA) is 64.3 Å². The Labute approximate surface area is 126 Å². The summed E-state index contributed by atoms with van der Waals surface area (Å²) in [7, 11) is 0. The molecule has 0 amide bonds. The van der Waals surface area contributed by atoms with Gasteiger partial charge in [-0.3, -0.25) is 0 Å². The second kappa shape index (κ2) is 5.83. The Balaban J connectivity index is 1.80. The summed E-state index contributed by atoms with van der Waals surface area (Å²) in [6.45, 7) is 1.83. The highest BCUT2D eigenvalue weighted by atomic mass is 35.5. The highest BCUT2D eigenvalue weighted by Crippen LogP contribution is 2.26. The maximum absolute atomic E-state index is 13.0. The fraction of sp³-hybridized carbons (Fsp3) is 0.286. The lowest BCUT2D eigenvalue weighted by Gasteiger charge is -2.34. The number of nitrogens with two attached hydrogens (primary N) is 1. The number of nitrogen functional groups attached to an aromatic ring is 1. The summed E-state index contributed by atoms with van der Waals surface area (Å²) in [5.74, 6) is 0.548. The first-order valence-electron chi connectivity index (χ1n) is 6.54. The van der Waals surface area contributed by atoms with Crippen LogP contribution < -0.4 is 10.6 Å². The average molecular weight is 309 g/mol. The molecule has 0 saturated carbocycles. The highest BCUT2D eigenvalue weighted by Gasteiger charge is 2.23. The summed E-state index contributed by atoms with van der Waals surface area (Å²) < 4.78 is 18.7. The van der Waals surface area contributed by atoms with Gasteiger partial charge in [-0.2, -0.15) is 4.98 Å². The molecule has 1 saturated heterocycles. The molecule has 1 fully saturated rings. The van der Waals surface area contributed by atoms with E-state index in [9.17, 15) is 4.39 Å². The molecule has 0 unspecified atom stereocenters. The molecule has 1 aliphatic rings. The molecule has 0 radical (unpaired) electrons. The molecule has 7 heteroatoms. The van der Waals surface area contributed by atoms with Crippen LogP contribution in [0.3, 0.4) is 0 Å². The van der Waals surface area contributed by atoms with Crippen LogP contribution in [0.4, 0.5) is 16.2 Å². The summed E-state index contributed by atoms with van der Waals surface area (Å²) in [4.78, 5) is 10.1. The molecule has 1 aliphatic heterocycles. The van der Waals surface area contributed by atoms with Gasteiger partial charge in [-0.1, -0.05) is 23.7 Å². The van der Waals surface area contributed by atoms with Crippen LogP contribution in [0.1, 0.15) is 11.7 Å². The maximum Gasteiger partial charge on any atom is 0.223 e. The van der Waals surface area contributed by atoms with E-state index in [1.165, 1.54) is 12.1 Å². The monoisotopic (exact) mass is 308 g/mol. The van der Waals surface area contributed by atoms with Crippen LogP contribution in [0.2, 0.25) is 5.15 Å². The van der Waals surface area contributed by atoms with Gasteiger partial charge in [-0.15, -0.1) is 0 Å². The molecule has 1 aromatic heterocycles. The van der Waals surface area contributed by atoms with Crippen molar-refractivity contribution < 1.29 is 9.13 Å². The van der Waals surface area contributed by atoms with Crippen molar-refractivity contribution in [3.05, 3.63) is 46.9 Å². The molecular weight excluding hydrogens is 295 g/mol. The smallest absolute Gasteiger partial charge is 0.223 e. The molecule has 0 spiro atoms. The number of halogens is 2. The van der Waals surface area contributed by atoms with E-state index in [0.717, 1.165) is 5.56 Å². The number of ether oxygens (including phenoxy) is 1. The lowest BCUT2D eigenvalue weighted by atomic mass is 10.1. The zero-order valence-corrected chi connectivity index (χ0v) is 11.9. The van der Waals surface area contributed by atoms with E-state index in [4.69, 9.17) is 22.1 Å². The third kappa shape index (κ3) is 3.22. The average Bonchev–Trinajstić information content (AvgIpc) is 2.47. The quantitative estimate of drug-likeness (QED) is 0.863. The number of hydrogen-bond donors (Lipinski definition) is 1. The fourth-order valence-electron chi connectivity index (χ4n) is 2.32. The lowest BCUT2D eigenvalue weighted by molar-refractivity contribution is 0.0395. The summed E-state index contributed by atoms with van der Waals surface area (Å²) in [5.41, 5.74) is 6.55. The number of hydrogen-bond acceptors (Lipinski definition) is 5. The Bertz CT molecular complexity index is 617. The largest absolute Gasteiger partial charge is 0.370 e. The molecular formula is C14H14ClFN4O. The van der Waals surface area contributed by atoms with E-state index in [2.05, 4.69) is 9.97 Å². The number of morpholine rings is 1. The SMILES string of the molecule is Nc1nc(Cl)cc(N2CCO[C@@H](c3ccc(F)cc3)C2)n1. The van der Waals surface area contributed by atoms with Crippen molar-refractivity contribution in [1.29, 1.82) is 0 Å². The Morgan fingerprint density at radius 3 is 2.76 bits per heavy atom. The van der Waals surface area contributed by atoms with E-state index in [0.29, 0.717) is 30.7 Å². The third-order valence-electron chi connectivity index (χ3n) is 3.33. The number of benzene rings is 1. The van der Waals surface area contributed by atoms with Crippen LogP contribution in [0, 0.1) is 5.82 Å². The molecule has 2 N–H and O–H groups in total. The van der Waals surface area contributed by atoms with Gasteiger partial charge in [-0.05, 0) is 17.7 Å². The molecule has 0 aliphatic carbocycles. The summed E-state index contributed by atoms with van der Waals surface area (Å²) in [6, 6.07) is 7.98. The first-order valence-corrected chi connectivity index (χ1v) is 6.92. The van der Waals surface area contributed by atoms with Gasteiger partial charge in [-0.25, -0.2) is 9.37 Å². The second-order valence-corrected chi connectivity index (χ2v) is 5.15. The summed E-state index contributed by atoms with van der Waals surface area (Å²) >= 11 is 5.91. The first kappa shape index (κ1) is 14.0. The van der Waals surface area contributed by atoms with Crippen molar-refractivity contribution in [3.8, 4) is 0 Å². The van der Waals surface area contributed by atoms with Crippen molar-refractivity contribution in [3.63, 3.8) is 0 Å². The van der Waals surface area contributed by atoms with Gasteiger partial charge >= 0.3 is 0 Å². The van der Waals surface area contributed by atoms with Crippen molar-refractivity contribution in [2.45, 2.75) is 6.10 Å². The van der Waals surface area contributed by atoms with E-state index < -0.39 is 0 Å². The Morgan fingerprint density at radius 1 is 1.29 bits per heavy atom. The van der Waals surface area contributed by atoms with E-state index >= 15 is 0 Å². The molecule has 21 heavy (non-hydrogen) atoms. The first-order chi connectivity index (χ1) is 10.1. The molecule has 1 aromatic carbocycles. The molecule has 5 nitrogen and oxygen atoms in total. The zero-order chi connectivity index (χ0) is 14.8. The van der Waals surface area contributed by atoms with Crippen molar-refractivity contribution >= 4 is 23.4 Å². The molecule has 0 bridgehead atoms. The van der Waals surface area contributed by atoms with E-state index in [-0.39, 0.29) is 17.9 Å². The van der Waals surface area contributed by atoms with Gasteiger partial charge in [0.2, 0.25) is 5.95 Å². The second-order valence-electron chi connectivity index (χ2n) is 4.76.